The van der Waals surface area contributed by atoms with Crippen molar-refractivity contribution in [2.75, 3.05) is 0 Å². The van der Waals surface area contributed by atoms with Gasteiger partial charge < -0.3 is 5.73 Å². The van der Waals surface area contributed by atoms with Crippen LogP contribution in [0.2, 0.25) is 0 Å². The van der Waals surface area contributed by atoms with Gasteiger partial charge in [-0.15, -0.1) is 0 Å². The fourth-order valence-electron chi connectivity index (χ4n) is 2.29. The molecular weight excluding hydrogens is 275 g/mol. The van der Waals surface area contributed by atoms with Gasteiger partial charge in [-0.2, -0.15) is 13.2 Å². The Kier molecular flexibility index (Phi) is 4.68. The Balaban J connectivity index is 2.01. The molecule has 2 rings (SSSR count). The van der Waals surface area contributed by atoms with Gasteiger partial charge in [0.15, 0.2) is 0 Å². The average Bonchev–Trinajstić information content (AvgIpc) is 2.45. The molecule has 21 heavy (non-hydrogen) atoms. The predicted octanol–water partition coefficient (Wildman–Crippen LogP) is 4.65. The van der Waals surface area contributed by atoms with Crippen LogP contribution in [0.3, 0.4) is 0 Å². The minimum absolute atomic E-state index is 0.258. The zero-order chi connectivity index (χ0) is 15.5. The fraction of sp³-hybridized carbons (Fsp3) is 0.294. The number of aryl methyl sites for hydroxylation is 2. The molecule has 0 heterocycles. The standard InChI is InChI=1S/C17H18F3N/c1-12-4-2-3-5-13(12)8-11-16(21)14-6-9-15(10-7-14)17(18,19)20/h2-7,9-10,16H,8,11,21H2,1H3. The second-order valence-electron chi connectivity index (χ2n) is 5.19. The highest BCUT2D eigenvalue weighted by Gasteiger charge is 2.30. The first-order valence-corrected chi connectivity index (χ1v) is 6.85. The Morgan fingerprint density at radius 3 is 2.19 bits per heavy atom. The number of nitrogens with two attached hydrogens (primary N) is 1. The molecule has 1 unspecified atom stereocenters. The largest absolute Gasteiger partial charge is 0.416 e. The molecule has 0 aliphatic rings. The Morgan fingerprint density at radius 1 is 1.00 bits per heavy atom. The summed E-state index contributed by atoms with van der Waals surface area (Å²) in [7, 11) is 0. The van der Waals surface area contributed by atoms with Gasteiger partial charge in [-0.25, -0.2) is 0 Å². The molecule has 4 heteroatoms. The molecule has 112 valence electrons. The number of benzene rings is 2. The summed E-state index contributed by atoms with van der Waals surface area (Å²) in [5.41, 5.74) is 8.59. The van der Waals surface area contributed by atoms with Crippen molar-refractivity contribution in [3.63, 3.8) is 0 Å². The van der Waals surface area contributed by atoms with Crippen molar-refractivity contribution in [2.24, 2.45) is 5.73 Å². The molecule has 2 N–H and O–H groups in total. The van der Waals surface area contributed by atoms with Gasteiger partial charge in [0, 0.05) is 6.04 Å². The number of halogens is 3. The molecular formula is C17H18F3N. The van der Waals surface area contributed by atoms with Gasteiger partial charge in [0.05, 0.1) is 5.56 Å². The van der Waals surface area contributed by atoms with E-state index in [2.05, 4.69) is 6.07 Å². The highest BCUT2D eigenvalue weighted by atomic mass is 19.4. The van der Waals surface area contributed by atoms with Gasteiger partial charge in [-0.1, -0.05) is 36.4 Å². The van der Waals surface area contributed by atoms with Crippen molar-refractivity contribution in [2.45, 2.75) is 32.0 Å². The van der Waals surface area contributed by atoms with Crippen LogP contribution in [0.25, 0.3) is 0 Å². The maximum absolute atomic E-state index is 12.5. The Hall–Kier alpha value is -1.81. The maximum Gasteiger partial charge on any atom is 0.416 e. The highest BCUT2D eigenvalue weighted by Crippen LogP contribution is 2.30. The van der Waals surface area contributed by atoms with E-state index in [4.69, 9.17) is 5.73 Å². The summed E-state index contributed by atoms with van der Waals surface area (Å²) >= 11 is 0. The van der Waals surface area contributed by atoms with Crippen LogP contribution in [0.15, 0.2) is 48.5 Å². The molecule has 2 aromatic rings. The molecule has 1 nitrogen and oxygen atoms in total. The van der Waals surface area contributed by atoms with Crippen LogP contribution in [0.1, 0.15) is 34.7 Å². The first-order valence-electron chi connectivity index (χ1n) is 6.85. The molecule has 0 fully saturated rings. The van der Waals surface area contributed by atoms with Crippen molar-refractivity contribution in [1.29, 1.82) is 0 Å². The van der Waals surface area contributed by atoms with Crippen LogP contribution in [0.4, 0.5) is 13.2 Å². The van der Waals surface area contributed by atoms with Crippen molar-refractivity contribution >= 4 is 0 Å². The fourth-order valence-corrected chi connectivity index (χ4v) is 2.29. The molecule has 1 atom stereocenters. The Labute approximate surface area is 122 Å². The first-order chi connectivity index (χ1) is 9.88. The van der Waals surface area contributed by atoms with E-state index in [1.807, 2.05) is 25.1 Å². The van der Waals surface area contributed by atoms with Crippen molar-refractivity contribution < 1.29 is 13.2 Å². The van der Waals surface area contributed by atoms with E-state index < -0.39 is 11.7 Å². The molecule has 0 amide bonds. The highest BCUT2D eigenvalue weighted by molar-refractivity contribution is 5.28. The van der Waals surface area contributed by atoms with Gasteiger partial charge in [0.2, 0.25) is 0 Å². The lowest BCUT2D eigenvalue weighted by Gasteiger charge is -2.14. The number of alkyl halides is 3. The summed E-state index contributed by atoms with van der Waals surface area (Å²) in [5, 5.41) is 0. The number of hydrogen-bond acceptors (Lipinski definition) is 1. The molecule has 0 aliphatic heterocycles. The van der Waals surface area contributed by atoms with Crippen LogP contribution < -0.4 is 5.73 Å². The van der Waals surface area contributed by atoms with Gasteiger partial charge in [0.25, 0.3) is 0 Å². The maximum atomic E-state index is 12.5. The average molecular weight is 293 g/mol. The first kappa shape index (κ1) is 15.6. The summed E-state index contributed by atoms with van der Waals surface area (Å²) in [6, 6.07) is 12.9. The lowest BCUT2D eigenvalue weighted by Crippen LogP contribution is -2.12. The van der Waals surface area contributed by atoms with Crippen molar-refractivity contribution in [3.8, 4) is 0 Å². The summed E-state index contributed by atoms with van der Waals surface area (Å²) < 4.78 is 37.5. The topological polar surface area (TPSA) is 26.0 Å². The smallest absolute Gasteiger partial charge is 0.324 e. The Bertz CT molecular complexity index is 588. The molecule has 2 aromatic carbocycles. The van der Waals surface area contributed by atoms with Crippen LogP contribution in [0.5, 0.6) is 0 Å². The van der Waals surface area contributed by atoms with E-state index in [0.29, 0.717) is 6.42 Å². The van der Waals surface area contributed by atoms with E-state index in [-0.39, 0.29) is 6.04 Å². The second-order valence-corrected chi connectivity index (χ2v) is 5.19. The lowest BCUT2D eigenvalue weighted by atomic mass is 9.97. The summed E-state index contributed by atoms with van der Waals surface area (Å²) in [4.78, 5) is 0. The van der Waals surface area contributed by atoms with E-state index >= 15 is 0 Å². The molecule has 0 aromatic heterocycles. The minimum Gasteiger partial charge on any atom is -0.324 e. The summed E-state index contributed by atoms with van der Waals surface area (Å²) in [6.07, 6.45) is -2.78. The zero-order valence-corrected chi connectivity index (χ0v) is 11.8. The molecule has 0 bridgehead atoms. The van der Waals surface area contributed by atoms with Crippen LogP contribution >= 0.6 is 0 Å². The monoisotopic (exact) mass is 293 g/mol. The quantitative estimate of drug-likeness (QED) is 0.872. The zero-order valence-electron chi connectivity index (χ0n) is 11.8. The van der Waals surface area contributed by atoms with Crippen molar-refractivity contribution in [1.82, 2.24) is 0 Å². The molecule has 0 radical (unpaired) electrons. The minimum atomic E-state index is -4.30. The summed E-state index contributed by atoms with van der Waals surface area (Å²) in [5.74, 6) is 0. The van der Waals surface area contributed by atoms with Crippen LogP contribution in [0, 0.1) is 6.92 Å². The van der Waals surface area contributed by atoms with Gasteiger partial charge in [0.1, 0.15) is 0 Å². The third kappa shape index (κ3) is 4.08. The SMILES string of the molecule is Cc1ccccc1CCC(N)c1ccc(C(F)(F)F)cc1. The van der Waals surface area contributed by atoms with Crippen molar-refractivity contribution in [3.05, 3.63) is 70.8 Å². The molecule has 0 saturated carbocycles. The lowest BCUT2D eigenvalue weighted by molar-refractivity contribution is -0.137. The van der Waals surface area contributed by atoms with Crippen LogP contribution in [-0.2, 0) is 12.6 Å². The third-order valence-electron chi connectivity index (χ3n) is 3.65. The van der Waals surface area contributed by atoms with Gasteiger partial charge in [-0.05, 0) is 48.6 Å². The number of hydrogen-bond donors (Lipinski definition) is 1. The van der Waals surface area contributed by atoms with Crippen LogP contribution in [-0.4, -0.2) is 0 Å². The van der Waals surface area contributed by atoms with E-state index in [9.17, 15) is 13.2 Å². The normalized spacial score (nSPS) is 13.2. The Morgan fingerprint density at radius 2 is 1.62 bits per heavy atom. The molecule has 0 saturated heterocycles. The van der Waals surface area contributed by atoms with E-state index in [0.717, 1.165) is 24.1 Å². The predicted molar refractivity (Wildman–Crippen MR) is 77.9 cm³/mol. The second kappa shape index (κ2) is 6.31. The molecule has 0 spiro atoms. The molecule has 0 aliphatic carbocycles. The van der Waals surface area contributed by atoms with Gasteiger partial charge in [-0.3, -0.25) is 0 Å². The third-order valence-corrected chi connectivity index (χ3v) is 3.65. The number of rotatable bonds is 4. The van der Waals surface area contributed by atoms with E-state index in [1.54, 1.807) is 0 Å². The van der Waals surface area contributed by atoms with E-state index in [1.165, 1.54) is 23.3 Å². The van der Waals surface area contributed by atoms with Gasteiger partial charge >= 0.3 is 6.18 Å². The summed E-state index contributed by atoms with van der Waals surface area (Å²) in [6.45, 7) is 2.04.